The number of hydrogen-bond donors (Lipinski definition) is 0. The third-order valence-corrected chi connectivity index (χ3v) is 3.93. The van der Waals surface area contributed by atoms with Gasteiger partial charge in [0.15, 0.2) is 0 Å². The van der Waals surface area contributed by atoms with Crippen molar-refractivity contribution in [3.63, 3.8) is 0 Å². The average molecular weight is 228 g/mol. The summed E-state index contributed by atoms with van der Waals surface area (Å²) in [6.07, 6.45) is 1.92. The van der Waals surface area contributed by atoms with Crippen molar-refractivity contribution in [2.45, 2.75) is 37.0 Å². The number of halogens is 1. The molecule has 4 heteroatoms. The van der Waals surface area contributed by atoms with Crippen LogP contribution in [0.5, 0.6) is 0 Å². The van der Waals surface area contributed by atoms with Gasteiger partial charge in [0.2, 0.25) is 0 Å². The van der Waals surface area contributed by atoms with E-state index >= 15 is 0 Å². The predicted octanol–water partition coefficient (Wildman–Crippen LogP) is 2.57. The summed E-state index contributed by atoms with van der Waals surface area (Å²) in [5, 5.41) is 0. The van der Waals surface area contributed by atoms with Gasteiger partial charge in [-0.3, -0.25) is 0 Å². The Labute approximate surface area is 89.3 Å². The highest BCUT2D eigenvalue weighted by molar-refractivity contribution is 7.86. The quantitative estimate of drug-likeness (QED) is 0.692. The van der Waals surface area contributed by atoms with Crippen molar-refractivity contribution in [2.75, 3.05) is 0 Å². The fourth-order valence-electron chi connectivity index (χ4n) is 2.14. The van der Waals surface area contributed by atoms with Crippen LogP contribution in [-0.2, 0) is 22.1 Å². The lowest BCUT2D eigenvalue weighted by atomic mass is 9.87. The van der Waals surface area contributed by atoms with E-state index in [-0.39, 0.29) is 10.3 Å². The minimum absolute atomic E-state index is 0.0456. The number of hydrogen-bond acceptors (Lipinski definition) is 2. The van der Waals surface area contributed by atoms with Crippen molar-refractivity contribution < 1.29 is 12.3 Å². The SMILES string of the molecule is CC1(C)CCc2ccc(S(=O)(=O)F)cc21. The Hall–Kier alpha value is -0.900. The minimum Gasteiger partial charge on any atom is -0.189 e. The van der Waals surface area contributed by atoms with Crippen molar-refractivity contribution in [1.29, 1.82) is 0 Å². The molecule has 0 radical (unpaired) electrons. The molecule has 1 aliphatic rings. The first-order valence-corrected chi connectivity index (χ1v) is 6.27. The molecule has 0 spiro atoms. The zero-order valence-electron chi connectivity index (χ0n) is 8.75. The fourth-order valence-corrected chi connectivity index (χ4v) is 2.63. The normalized spacial score (nSPS) is 18.9. The first-order chi connectivity index (χ1) is 6.81. The van der Waals surface area contributed by atoms with Gasteiger partial charge in [-0.05, 0) is 41.5 Å². The monoisotopic (exact) mass is 228 g/mol. The van der Waals surface area contributed by atoms with Crippen molar-refractivity contribution >= 4 is 10.2 Å². The second-order valence-electron chi connectivity index (χ2n) is 4.64. The Balaban J connectivity index is 2.61. The maximum atomic E-state index is 12.8. The predicted molar refractivity (Wildman–Crippen MR) is 56.1 cm³/mol. The Kier molecular flexibility index (Phi) is 2.15. The Morgan fingerprint density at radius 1 is 1.33 bits per heavy atom. The molecular weight excluding hydrogens is 215 g/mol. The molecule has 0 saturated heterocycles. The highest BCUT2D eigenvalue weighted by Crippen LogP contribution is 2.39. The van der Waals surface area contributed by atoms with Crippen LogP contribution in [0.4, 0.5) is 3.89 Å². The zero-order chi connectivity index (χ0) is 11.3. The summed E-state index contributed by atoms with van der Waals surface area (Å²) >= 11 is 0. The summed E-state index contributed by atoms with van der Waals surface area (Å²) in [5.41, 5.74) is 2.05. The van der Waals surface area contributed by atoms with Gasteiger partial charge in [-0.25, -0.2) is 0 Å². The maximum absolute atomic E-state index is 12.8. The van der Waals surface area contributed by atoms with Gasteiger partial charge < -0.3 is 0 Å². The smallest absolute Gasteiger partial charge is 0.189 e. The molecule has 1 aliphatic carbocycles. The molecule has 0 amide bonds. The van der Waals surface area contributed by atoms with Crippen LogP contribution in [0.25, 0.3) is 0 Å². The first kappa shape index (κ1) is 10.6. The molecule has 82 valence electrons. The molecule has 15 heavy (non-hydrogen) atoms. The Morgan fingerprint density at radius 2 is 2.00 bits per heavy atom. The van der Waals surface area contributed by atoms with Gasteiger partial charge in [-0.2, -0.15) is 8.42 Å². The molecule has 0 atom stereocenters. The van der Waals surface area contributed by atoms with Gasteiger partial charge in [0.25, 0.3) is 0 Å². The molecule has 0 N–H and O–H groups in total. The van der Waals surface area contributed by atoms with E-state index in [1.165, 1.54) is 12.1 Å². The van der Waals surface area contributed by atoms with E-state index in [1.807, 2.05) is 13.8 Å². The Morgan fingerprint density at radius 3 is 2.60 bits per heavy atom. The zero-order valence-corrected chi connectivity index (χ0v) is 9.57. The van der Waals surface area contributed by atoms with Gasteiger partial charge >= 0.3 is 10.2 Å². The highest BCUT2D eigenvalue weighted by atomic mass is 32.3. The summed E-state index contributed by atoms with van der Waals surface area (Å²) in [6, 6.07) is 4.53. The van der Waals surface area contributed by atoms with Crippen LogP contribution in [0.15, 0.2) is 23.1 Å². The van der Waals surface area contributed by atoms with Gasteiger partial charge in [-0.1, -0.05) is 19.9 Å². The van der Waals surface area contributed by atoms with Crippen molar-refractivity contribution in [1.82, 2.24) is 0 Å². The third kappa shape index (κ3) is 1.78. The van der Waals surface area contributed by atoms with E-state index in [4.69, 9.17) is 0 Å². The number of aryl methyl sites for hydroxylation is 1. The van der Waals surface area contributed by atoms with Gasteiger partial charge in [-0.15, -0.1) is 3.89 Å². The van der Waals surface area contributed by atoms with Crippen LogP contribution in [0.2, 0.25) is 0 Å². The van der Waals surface area contributed by atoms with Crippen LogP contribution in [-0.4, -0.2) is 8.42 Å². The van der Waals surface area contributed by atoms with Crippen molar-refractivity contribution in [3.8, 4) is 0 Å². The second kappa shape index (κ2) is 3.04. The van der Waals surface area contributed by atoms with E-state index < -0.39 is 10.2 Å². The lowest BCUT2D eigenvalue weighted by molar-refractivity contribution is 0.520. The first-order valence-electron chi connectivity index (χ1n) is 4.89. The molecule has 0 unspecified atom stereocenters. The summed E-state index contributed by atoms with van der Waals surface area (Å²) in [6.45, 7) is 4.10. The molecule has 2 rings (SSSR count). The van der Waals surface area contributed by atoms with E-state index in [9.17, 15) is 12.3 Å². The molecule has 1 aromatic rings. The van der Waals surface area contributed by atoms with E-state index in [0.717, 1.165) is 24.0 Å². The highest BCUT2D eigenvalue weighted by Gasteiger charge is 2.30. The molecule has 0 aromatic heterocycles. The van der Waals surface area contributed by atoms with Gasteiger partial charge in [0.05, 0.1) is 4.90 Å². The van der Waals surface area contributed by atoms with Crippen LogP contribution in [0.3, 0.4) is 0 Å². The fraction of sp³-hybridized carbons (Fsp3) is 0.455. The largest absolute Gasteiger partial charge is 0.332 e. The van der Waals surface area contributed by atoms with E-state index in [1.54, 1.807) is 6.07 Å². The molecule has 0 fully saturated rings. The van der Waals surface area contributed by atoms with Crippen LogP contribution < -0.4 is 0 Å². The topological polar surface area (TPSA) is 34.1 Å². The molecule has 0 saturated carbocycles. The Bertz CT molecular complexity index is 503. The molecule has 1 aromatic carbocycles. The van der Waals surface area contributed by atoms with E-state index in [0.29, 0.717) is 0 Å². The molecule has 0 heterocycles. The number of rotatable bonds is 1. The van der Waals surface area contributed by atoms with Crippen LogP contribution in [0, 0.1) is 0 Å². The average Bonchev–Trinajstić information content (AvgIpc) is 2.41. The third-order valence-electron chi connectivity index (χ3n) is 3.11. The lowest BCUT2D eigenvalue weighted by Crippen LogP contribution is -2.12. The molecular formula is C11H13FO2S. The molecule has 0 aliphatic heterocycles. The minimum atomic E-state index is -4.57. The standard InChI is InChI=1S/C11H13FO2S/c1-11(2)6-5-8-3-4-9(7-10(8)11)15(12,13)14/h3-4,7H,5-6H2,1-2H3. The summed E-state index contributed by atoms with van der Waals surface area (Å²) in [5.74, 6) is 0. The summed E-state index contributed by atoms with van der Waals surface area (Å²) in [4.78, 5) is -0.226. The van der Waals surface area contributed by atoms with E-state index in [2.05, 4.69) is 0 Å². The number of benzene rings is 1. The van der Waals surface area contributed by atoms with Crippen molar-refractivity contribution in [3.05, 3.63) is 29.3 Å². The second-order valence-corrected chi connectivity index (χ2v) is 5.99. The van der Waals surface area contributed by atoms with Crippen LogP contribution in [0.1, 0.15) is 31.4 Å². The van der Waals surface area contributed by atoms with Gasteiger partial charge in [0.1, 0.15) is 0 Å². The molecule has 0 bridgehead atoms. The van der Waals surface area contributed by atoms with Gasteiger partial charge in [0, 0.05) is 0 Å². The van der Waals surface area contributed by atoms with Crippen LogP contribution >= 0.6 is 0 Å². The summed E-state index contributed by atoms with van der Waals surface area (Å²) in [7, 11) is -4.57. The maximum Gasteiger partial charge on any atom is 0.332 e. The number of fused-ring (bicyclic) bond motifs is 1. The molecule has 2 nitrogen and oxygen atoms in total. The lowest BCUT2D eigenvalue weighted by Gasteiger charge is -2.18. The summed E-state index contributed by atoms with van der Waals surface area (Å²) < 4.78 is 34.4. The van der Waals surface area contributed by atoms with Crippen molar-refractivity contribution in [2.24, 2.45) is 0 Å².